The summed E-state index contributed by atoms with van der Waals surface area (Å²) in [5, 5.41) is 18.9. The third-order valence-electron chi connectivity index (χ3n) is 2.89. The number of aliphatic hydroxyl groups excluding tert-OH is 1. The predicted octanol–water partition coefficient (Wildman–Crippen LogP) is 2.36. The summed E-state index contributed by atoms with van der Waals surface area (Å²) in [7, 11) is 0. The molecule has 0 unspecified atom stereocenters. The van der Waals surface area contributed by atoms with Crippen molar-refractivity contribution in [2.45, 2.75) is 19.3 Å². The minimum Gasteiger partial charge on any atom is -0.508 e. The average Bonchev–Trinajstić information content (AvgIpc) is 2.91. The van der Waals surface area contributed by atoms with Gasteiger partial charge in [-0.15, -0.1) is 0 Å². The van der Waals surface area contributed by atoms with E-state index in [9.17, 15) is 10.2 Å². The number of phenolic OH excluding ortho intramolecular Hbond substituents is 1. The van der Waals surface area contributed by atoms with Crippen molar-refractivity contribution >= 4 is 11.6 Å². The Hall–Kier alpha value is -0.730. The quantitative estimate of drug-likeness (QED) is 0.808. The molecular weight excluding hydrogens is 200 g/mol. The van der Waals surface area contributed by atoms with E-state index in [0.717, 1.165) is 24.8 Å². The summed E-state index contributed by atoms with van der Waals surface area (Å²) in [6.07, 6.45) is 2.95. The summed E-state index contributed by atoms with van der Waals surface area (Å²) in [5.41, 5.74) is 1.08. The zero-order chi connectivity index (χ0) is 10.2. The van der Waals surface area contributed by atoms with Gasteiger partial charge in [-0.3, -0.25) is 0 Å². The molecular formula is C11H13ClO2. The van der Waals surface area contributed by atoms with Crippen LogP contribution in [0.3, 0.4) is 0 Å². The number of halogens is 1. The molecule has 1 aliphatic carbocycles. The maximum absolute atomic E-state index is 9.17. The molecule has 0 atom stereocenters. The van der Waals surface area contributed by atoms with Crippen molar-refractivity contribution in [2.75, 3.05) is 6.61 Å². The highest BCUT2D eigenvalue weighted by Gasteiger charge is 2.42. The van der Waals surface area contributed by atoms with E-state index in [4.69, 9.17) is 11.6 Å². The van der Waals surface area contributed by atoms with E-state index in [-0.39, 0.29) is 17.8 Å². The molecule has 1 saturated carbocycles. The lowest BCUT2D eigenvalue weighted by atomic mass is 9.97. The molecule has 2 nitrogen and oxygen atoms in total. The number of hydrogen-bond donors (Lipinski definition) is 2. The Kier molecular flexibility index (Phi) is 2.41. The van der Waals surface area contributed by atoms with Crippen molar-refractivity contribution in [3.05, 3.63) is 28.8 Å². The van der Waals surface area contributed by atoms with E-state index >= 15 is 0 Å². The van der Waals surface area contributed by atoms with Crippen molar-refractivity contribution < 1.29 is 10.2 Å². The largest absolute Gasteiger partial charge is 0.508 e. The van der Waals surface area contributed by atoms with Crippen LogP contribution in [0.15, 0.2) is 18.2 Å². The first-order valence-electron chi connectivity index (χ1n) is 4.73. The molecule has 2 rings (SSSR count). The fourth-order valence-electron chi connectivity index (χ4n) is 1.65. The highest BCUT2D eigenvalue weighted by molar-refractivity contribution is 6.31. The lowest BCUT2D eigenvalue weighted by Crippen LogP contribution is -2.10. The van der Waals surface area contributed by atoms with Crippen LogP contribution < -0.4 is 0 Å². The first-order chi connectivity index (χ1) is 6.65. The van der Waals surface area contributed by atoms with Crippen LogP contribution in [0.25, 0.3) is 0 Å². The fourth-order valence-corrected chi connectivity index (χ4v) is 1.89. The van der Waals surface area contributed by atoms with Gasteiger partial charge in [0.05, 0.1) is 0 Å². The Morgan fingerprint density at radius 2 is 2.07 bits per heavy atom. The number of benzene rings is 1. The molecule has 76 valence electrons. The maximum Gasteiger partial charge on any atom is 0.117 e. The van der Waals surface area contributed by atoms with E-state index in [2.05, 4.69) is 0 Å². The van der Waals surface area contributed by atoms with Gasteiger partial charge in [0.15, 0.2) is 0 Å². The third-order valence-corrected chi connectivity index (χ3v) is 3.25. The van der Waals surface area contributed by atoms with Gasteiger partial charge in [0, 0.05) is 11.6 Å². The normalized spacial score (nSPS) is 18.1. The summed E-state index contributed by atoms with van der Waals surface area (Å²) in [6, 6.07) is 5.01. The molecule has 0 saturated heterocycles. The number of aromatic hydroxyl groups is 1. The fraction of sp³-hybridized carbons (Fsp3) is 0.455. The van der Waals surface area contributed by atoms with Crippen molar-refractivity contribution in [2.24, 2.45) is 5.41 Å². The van der Waals surface area contributed by atoms with Gasteiger partial charge >= 0.3 is 0 Å². The molecule has 0 spiro atoms. The van der Waals surface area contributed by atoms with Gasteiger partial charge < -0.3 is 10.2 Å². The van der Waals surface area contributed by atoms with Crippen LogP contribution in [0.2, 0.25) is 5.02 Å². The molecule has 1 aromatic rings. The van der Waals surface area contributed by atoms with Gasteiger partial charge in [-0.25, -0.2) is 0 Å². The van der Waals surface area contributed by atoms with Gasteiger partial charge in [-0.2, -0.15) is 0 Å². The average molecular weight is 213 g/mol. The zero-order valence-electron chi connectivity index (χ0n) is 7.83. The van der Waals surface area contributed by atoms with Crippen molar-refractivity contribution in [1.29, 1.82) is 0 Å². The second-order valence-electron chi connectivity index (χ2n) is 4.11. The lowest BCUT2D eigenvalue weighted by molar-refractivity contribution is 0.211. The third kappa shape index (κ3) is 1.86. The van der Waals surface area contributed by atoms with Gasteiger partial charge in [0.1, 0.15) is 5.75 Å². The maximum atomic E-state index is 9.17. The van der Waals surface area contributed by atoms with Gasteiger partial charge in [-0.1, -0.05) is 17.7 Å². The summed E-state index contributed by atoms with van der Waals surface area (Å²) < 4.78 is 0. The molecule has 1 fully saturated rings. The van der Waals surface area contributed by atoms with E-state index in [1.54, 1.807) is 12.1 Å². The van der Waals surface area contributed by atoms with Gasteiger partial charge in [-0.05, 0) is 42.4 Å². The standard InChI is InChI=1S/C11H13ClO2/c12-10-5-9(14)2-1-8(10)6-11(7-13)3-4-11/h1-2,5,13-14H,3-4,6-7H2. The molecule has 3 heteroatoms. The van der Waals surface area contributed by atoms with Crippen LogP contribution in [-0.4, -0.2) is 16.8 Å². The first-order valence-corrected chi connectivity index (χ1v) is 5.11. The SMILES string of the molecule is OCC1(Cc2ccc(O)cc2Cl)CC1. The topological polar surface area (TPSA) is 40.5 Å². The highest BCUT2D eigenvalue weighted by Crippen LogP contribution is 2.48. The molecule has 0 bridgehead atoms. The summed E-state index contributed by atoms with van der Waals surface area (Å²) in [4.78, 5) is 0. The van der Waals surface area contributed by atoms with E-state index in [0.29, 0.717) is 5.02 Å². The first kappa shape index (κ1) is 9.81. The molecule has 0 aliphatic heterocycles. The Bertz CT molecular complexity index is 345. The molecule has 1 aromatic carbocycles. The monoisotopic (exact) mass is 212 g/mol. The number of aliphatic hydroxyl groups is 1. The van der Waals surface area contributed by atoms with E-state index in [1.165, 1.54) is 0 Å². The number of phenols is 1. The minimum atomic E-state index is 0.0701. The van der Waals surface area contributed by atoms with Crippen LogP contribution in [-0.2, 0) is 6.42 Å². The second kappa shape index (κ2) is 3.44. The molecule has 0 aromatic heterocycles. The molecule has 0 heterocycles. The minimum absolute atomic E-state index is 0.0701. The Balaban J connectivity index is 2.17. The molecule has 1 aliphatic rings. The number of hydrogen-bond acceptors (Lipinski definition) is 2. The lowest BCUT2D eigenvalue weighted by Gasteiger charge is -2.12. The van der Waals surface area contributed by atoms with Crippen LogP contribution in [0.5, 0.6) is 5.75 Å². The summed E-state index contributed by atoms with van der Waals surface area (Å²) in [6.45, 7) is 0.226. The summed E-state index contributed by atoms with van der Waals surface area (Å²) >= 11 is 5.98. The van der Waals surface area contributed by atoms with Crippen LogP contribution in [0, 0.1) is 5.41 Å². The van der Waals surface area contributed by atoms with Crippen molar-refractivity contribution in [1.82, 2.24) is 0 Å². The van der Waals surface area contributed by atoms with Crippen molar-refractivity contribution in [3.8, 4) is 5.75 Å². The molecule has 0 amide bonds. The van der Waals surface area contributed by atoms with Gasteiger partial charge in [0.2, 0.25) is 0 Å². The van der Waals surface area contributed by atoms with Crippen molar-refractivity contribution in [3.63, 3.8) is 0 Å². The highest BCUT2D eigenvalue weighted by atomic mass is 35.5. The molecule has 14 heavy (non-hydrogen) atoms. The van der Waals surface area contributed by atoms with E-state index < -0.39 is 0 Å². The summed E-state index contributed by atoms with van der Waals surface area (Å²) in [5.74, 6) is 0.188. The van der Waals surface area contributed by atoms with E-state index in [1.807, 2.05) is 6.07 Å². The Morgan fingerprint density at radius 1 is 1.36 bits per heavy atom. The number of rotatable bonds is 3. The molecule has 0 radical (unpaired) electrons. The Morgan fingerprint density at radius 3 is 2.57 bits per heavy atom. The Labute approximate surface area is 88.1 Å². The van der Waals surface area contributed by atoms with Crippen LogP contribution >= 0.6 is 11.6 Å². The van der Waals surface area contributed by atoms with Crippen LogP contribution in [0.1, 0.15) is 18.4 Å². The van der Waals surface area contributed by atoms with Crippen LogP contribution in [0.4, 0.5) is 0 Å². The second-order valence-corrected chi connectivity index (χ2v) is 4.52. The van der Waals surface area contributed by atoms with Gasteiger partial charge in [0.25, 0.3) is 0 Å². The molecule has 2 N–H and O–H groups in total. The zero-order valence-corrected chi connectivity index (χ0v) is 8.59. The predicted molar refractivity (Wildman–Crippen MR) is 55.6 cm³/mol. The smallest absolute Gasteiger partial charge is 0.117 e.